The van der Waals surface area contributed by atoms with Gasteiger partial charge in [0.2, 0.25) is 11.8 Å². The topological polar surface area (TPSA) is 122 Å². The van der Waals surface area contributed by atoms with Crippen molar-refractivity contribution in [3.05, 3.63) is 64.2 Å². The molecule has 0 bridgehead atoms. The van der Waals surface area contributed by atoms with E-state index in [0.29, 0.717) is 28.7 Å². The summed E-state index contributed by atoms with van der Waals surface area (Å²) in [5.74, 6) is -0.479. The maximum Gasteiger partial charge on any atom is 0.271 e. The number of amidine groups is 1. The third kappa shape index (κ3) is 6.26. The Balaban J connectivity index is 1.75. The van der Waals surface area contributed by atoms with E-state index in [2.05, 4.69) is 10.3 Å². The molecule has 1 unspecified atom stereocenters. The second kappa shape index (κ2) is 10.4. The number of benzene rings is 2. The van der Waals surface area contributed by atoms with Crippen molar-refractivity contribution in [1.82, 2.24) is 4.90 Å². The molecule has 3 rings (SSSR count). The molecule has 1 heterocycles. The van der Waals surface area contributed by atoms with Crippen LogP contribution in [0.2, 0.25) is 0 Å². The van der Waals surface area contributed by atoms with E-state index in [1.807, 2.05) is 13.8 Å². The molecule has 1 aliphatic rings. The highest BCUT2D eigenvalue weighted by molar-refractivity contribution is 8.15. The molecule has 1 N–H and O–H groups in total. The van der Waals surface area contributed by atoms with Crippen LogP contribution in [0.15, 0.2) is 53.5 Å². The smallest absolute Gasteiger partial charge is 0.271 e. The minimum Gasteiger partial charge on any atom is -0.326 e. The zero-order chi connectivity index (χ0) is 24.1. The molecule has 1 fully saturated rings. The fourth-order valence-electron chi connectivity index (χ4n) is 3.22. The Morgan fingerprint density at radius 1 is 1.21 bits per heavy atom. The van der Waals surface area contributed by atoms with Crippen molar-refractivity contribution in [2.75, 3.05) is 11.9 Å². The van der Waals surface area contributed by atoms with Gasteiger partial charge in [0.1, 0.15) is 5.25 Å². The fraction of sp³-hybridized carbons (Fsp3) is 0.304. The van der Waals surface area contributed by atoms with Crippen LogP contribution in [0.5, 0.6) is 0 Å². The first-order valence-electron chi connectivity index (χ1n) is 10.4. The summed E-state index contributed by atoms with van der Waals surface area (Å²) in [4.78, 5) is 53.6. The molecule has 1 aliphatic heterocycles. The van der Waals surface area contributed by atoms with Crippen LogP contribution < -0.4 is 5.32 Å². The summed E-state index contributed by atoms with van der Waals surface area (Å²) >= 11 is 1.21. The number of aliphatic imine (C=N–C) groups is 1. The quantitative estimate of drug-likeness (QED) is 0.348. The number of non-ortho nitro benzene ring substituents is 1. The zero-order valence-corrected chi connectivity index (χ0v) is 19.3. The van der Waals surface area contributed by atoms with Crippen molar-refractivity contribution in [2.45, 2.75) is 32.4 Å². The van der Waals surface area contributed by atoms with Crippen LogP contribution >= 0.6 is 11.8 Å². The van der Waals surface area contributed by atoms with Crippen molar-refractivity contribution in [3.63, 3.8) is 0 Å². The molecule has 1 atom stereocenters. The lowest BCUT2D eigenvalue weighted by atomic mass is 10.1. The molecule has 0 radical (unpaired) electrons. The fourth-order valence-corrected chi connectivity index (χ4v) is 4.38. The van der Waals surface area contributed by atoms with Gasteiger partial charge in [-0.3, -0.25) is 29.4 Å². The van der Waals surface area contributed by atoms with Gasteiger partial charge >= 0.3 is 0 Å². The number of carbonyl (C=O) groups is 3. The van der Waals surface area contributed by atoms with Crippen LogP contribution in [-0.4, -0.2) is 44.4 Å². The zero-order valence-electron chi connectivity index (χ0n) is 18.5. The van der Waals surface area contributed by atoms with Gasteiger partial charge in [-0.2, -0.15) is 0 Å². The molecular weight excluding hydrogens is 444 g/mol. The van der Waals surface area contributed by atoms with E-state index in [4.69, 9.17) is 0 Å². The van der Waals surface area contributed by atoms with Gasteiger partial charge in [-0.15, -0.1) is 0 Å². The van der Waals surface area contributed by atoms with E-state index in [1.165, 1.54) is 36.9 Å². The summed E-state index contributed by atoms with van der Waals surface area (Å²) < 4.78 is 0. The maximum atomic E-state index is 13.0. The number of hydrogen-bond donors (Lipinski definition) is 1. The molecule has 0 aromatic heterocycles. The summed E-state index contributed by atoms with van der Waals surface area (Å²) in [6, 6.07) is 12.4. The number of ketones is 1. The minimum absolute atomic E-state index is 0.0455. The van der Waals surface area contributed by atoms with Crippen molar-refractivity contribution in [2.24, 2.45) is 10.9 Å². The van der Waals surface area contributed by atoms with Gasteiger partial charge in [0.15, 0.2) is 11.0 Å². The predicted octanol–water partition coefficient (Wildman–Crippen LogP) is 4.41. The van der Waals surface area contributed by atoms with Crippen LogP contribution in [0.4, 0.5) is 17.1 Å². The number of carbonyl (C=O) groups excluding carboxylic acids is 3. The number of nitrogens with one attached hydrogen (secondary N) is 1. The highest BCUT2D eigenvalue weighted by atomic mass is 32.2. The van der Waals surface area contributed by atoms with Crippen LogP contribution in [0, 0.1) is 16.0 Å². The van der Waals surface area contributed by atoms with E-state index in [1.54, 1.807) is 35.2 Å². The monoisotopic (exact) mass is 468 g/mol. The van der Waals surface area contributed by atoms with Gasteiger partial charge in [-0.1, -0.05) is 31.7 Å². The summed E-state index contributed by atoms with van der Waals surface area (Å²) in [5, 5.41) is 13.4. The molecule has 2 aromatic carbocycles. The SMILES string of the molecule is CC(=O)c1ccc(N=C2SC(CC(=O)Nc3cccc([N+](=O)[O-])c3)C(=O)N2CC(C)C)cc1. The molecule has 9 nitrogen and oxygen atoms in total. The average Bonchev–Trinajstić information content (AvgIpc) is 3.02. The summed E-state index contributed by atoms with van der Waals surface area (Å²) in [6.07, 6.45) is -0.0942. The van der Waals surface area contributed by atoms with E-state index in [0.717, 1.165) is 0 Å². The summed E-state index contributed by atoms with van der Waals surface area (Å²) in [6.45, 7) is 5.92. The minimum atomic E-state index is -0.655. The molecule has 0 spiro atoms. The van der Waals surface area contributed by atoms with E-state index < -0.39 is 16.1 Å². The maximum absolute atomic E-state index is 13.0. The first-order valence-corrected chi connectivity index (χ1v) is 11.2. The lowest BCUT2D eigenvalue weighted by Gasteiger charge is -2.18. The number of nitro groups is 1. The number of rotatable bonds is 8. The molecule has 2 amide bonds. The van der Waals surface area contributed by atoms with E-state index in [-0.39, 0.29) is 29.7 Å². The van der Waals surface area contributed by atoms with Crippen LogP contribution in [0.25, 0.3) is 0 Å². The largest absolute Gasteiger partial charge is 0.326 e. The molecule has 10 heteroatoms. The number of amides is 2. The van der Waals surface area contributed by atoms with Crippen molar-refractivity contribution in [1.29, 1.82) is 0 Å². The Kier molecular flexibility index (Phi) is 7.59. The van der Waals surface area contributed by atoms with Crippen molar-refractivity contribution >= 4 is 51.6 Å². The average molecular weight is 469 g/mol. The number of Topliss-reactive ketones (excluding diaryl/α,β-unsaturated/α-hetero) is 1. The summed E-state index contributed by atoms with van der Waals surface area (Å²) in [5.41, 5.74) is 1.34. The Morgan fingerprint density at radius 2 is 1.91 bits per heavy atom. The first kappa shape index (κ1) is 24.1. The third-order valence-electron chi connectivity index (χ3n) is 4.78. The Morgan fingerprint density at radius 3 is 2.52 bits per heavy atom. The first-order chi connectivity index (χ1) is 15.6. The summed E-state index contributed by atoms with van der Waals surface area (Å²) in [7, 11) is 0. The highest BCUT2D eigenvalue weighted by Crippen LogP contribution is 2.32. The lowest BCUT2D eigenvalue weighted by Crippen LogP contribution is -2.36. The van der Waals surface area contributed by atoms with Gasteiger partial charge in [0.25, 0.3) is 5.69 Å². The van der Waals surface area contributed by atoms with Crippen LogP contribution in [-0.2, 0) is 9.59 Å². The Hall–Kier alpha value is -3.53. The van der Waals surface area contributed by atoms with Gasteiger partial charge in [0, 0.05) is 36.3 Å². The predicted molar refractivity (Wildman–Crippen MR) is 128 cm³/mol. The van der Waals surface area contributed by atoms with Crippen molar-refractivity contribution in [3.8, 4) is 0 Å². The number of nitro benzene ring substituents is 1. The number of anilines is 1. The number of thioether (sulfide) groups is 1. The van der Waals surface area contributed by atoms with Crippen LogP contribution in [0.1, 0.15) is 37.6 Å². The molecule has 1 saturated heterocycles. The molecular formula is C23H24N4O5S. The second-order valence-corrected chi connectivity index (χ2v) is 9.18. The number of hydrogen-bond acceptors (Lipinski definition) is 7. The molecule has 0 saturated carbocycles. The van der Waals surface area contributed by atoms with Crippen LogP contribution in [0.3, 0.4) is 0 Å². The third-order valence-corrected chi connectivity index (χ3v) is 5.95. The van der Waals surface area contributed by atoms with Gasteiger partial charge in [0.05, 0.1) is 10.6 Å². The molecule has 2 aromatic rings. The molecule has 172 valence electrons. The highest BCUT2D eigenvalue weighted by Gasteiger charge is 2.39. The lowest BCUT2D eigenvalue weighted by molar-refractivity contribution is -0.384. The molecule has 0 aliphatic carbocycles. The van der Waals surface area contributed by atoms with Crippen molar-refractivity contribution < 1.29 is 19.3 Å². The number of nitrogens with zero attached hydrogens (tertiary/aromatic N) is 3. The van der Waals surface area contributed by atoms with Gasteiger partial charge < -0.3 is 5.32 Å². The Labute approximate surface area is 195 Å². The van der Waals surface area contributed by atoms with E-state index in [9.17, 15) is 24.5 Å². The van der Waals surface area contributed by atoms with E-state index >= 15 is 0 Å². The Bertz CT molecular complexity index is 1110. The second-order valence-electron chi connectivity index (χ2n) is 8.01. The standard InChI is InChI=1S/C23H24N4O5S/c1-14(2)13-26-22(30)20(12-21(29)24-18-5-4-6-19(11-18)27(31)32)33-23(26)25-17-9-7-16(8-10-17)15(3)28/h4-11,14,20H,12-13H2,1-3H3,(H,24,29). The van der Waals surface area contributed by atoms with Gasteiger partial charge in [-0.05, 0) is 43.2 Å². The van der Waals surface area contributed by atoms with Gasteiger partial charge in [-0.25, -0.2) is 4.99 Å². The molecule has 33 heavy (non-hydrogen) atoms. The normalized spacial score (nSPS) is 17.0.